The number of hydrogen-bond donors (Lipinski definition) is 0. The second kappa shape index (κ2) is 7.38. The predicted molar refractivity (Wildman–Crippen MR) is 81.7 cm³/mol. The number of benzene rings is 1. The van der Waals surface area contributed by atoms with Gasteiger partial charge in [0.2, 0.25) is 0 Å². The highest BCUT2D eigenvalue weighted by molar-refractivity contribution is 5.98. The Morgan fingerprint density at radius 1 is 1.29 bits per heavy atom. The van der Waals surface area contributed by atoms with Gasteiger partial charge >= 0.3 is 5.97 Å². The minimum Gasteiger partial charge on any atom is -0.427 e. The molecule has 5 heteroatoms. The first-order valence-corrected chi connectivity index (χ1v) is 6.91. The smallest absolute Gasteiger partial charge is 0.308 e. The second-order valence-corrected chi connectivity index (χ2v) is 4.74. The van der Waals surface area contributed by atoms with E-state index in [9.17, 15) is 4.79 Å². The Morgan fingerprint density at radius 3 is 2.67 bits per heavy atom. The number of esters is 1. The molecule has 0 saturated heterocycles. The average Bonchev–Trinajstić information content (AvgIpc) is 2.97. The molecule has 0 N–H and O–H groups in total. The molecule has 1 aromatic carbocycles. The van der Waals surface area contributed by atoms with Gasteiger partial charge in [0.15, 0.2) is 0 Å². The van der Waals surface area contributed by atoms with Gasteiger partial charge in [0.05, 0.1) is 6.33 Å². The second-order valence-electron chi connectivity index (χ2n) is 4.74. The maximum atomic E-state index is 10.9. The zero-order chi connectivity index (χ0) is 15.1. The molecule has 2 aromatic rings. The van der Waals surface area contributed by atoms with Crippen LogP contribution in [0.3, 0.4) is 0 Å². The van der Waals surface area contributed by atoms with Gasteiger partial charge in [-0.3, -0.25) is 9.79 Å². The van der Waals surface area contributed by atoms with Gasteiger partial charge in [-0.25, -0.2) is 4.98 Å². The first kappa shape index (κ1) is 15.0. The molecular weight excluding hydrogens is 266 g/mol. The summed E-state index contributed by atoms with van der Waals surface area (Å²) in [7, 11) is 0. The van der Waals surface area contributed by atoms with Crippen molar-refractivity contribution in [2.24, 2.45) is 4.99 Å². The van der Waals surface area contributed by atoms with Crippen LogP contribution in [0.25, 0.3) is 0 Å². The van der Waals surface area contributed by atoms with E-state index in [0.29, 0.717) is 5.75 Å². The third-order valence-corrected chi connectivity index (χ3v) is 3.02. The standard InChI is InChI=1S/C16H19N3O2/c1-13(18-8-3-10-19-11-9-17-12-19)15-4-6-16(7-5-15)21-14(2)20/h4-7,9,11-12H,3,8,10H2,1-2H3. The molecule has 0 aliphatic rings. The van der Waals surface area contributed by atoms with E-state index >= 15 is 0 Å². The van der Waals surface area contributed by atoms with E-state index in [1.807, 2.05) is 36.1 Å². The number of aryl methyl sites for hydroxylation is 1. The van der Waals surface area contributed by atoms with E-state index in [1.54, 1.807) is 18.3 Å². The summed E-state index contributed by atoms with van der Waals surface area (Å²) in [6.45, 7) is 5.07. The zero-order valence-corrected chi connectivity index (χ0v) is 12.3. The lowest BCUT2D eigenvalue weighted by molar-refractivity contribution is -0.131. The fraction of sp³-hybridized carbons (Fsp3) is 0.312. The van der Waals surface area contributed by atoms with Gasteiger partial charge in [0.25, 0.3) is 0 Å². The summed E-state index contributed by atoms with van der Waals surface area (Å²) in [4.78, 5) is 19.4. The maximum Gasteiger partial charge on any atom is 0.308 e. The summed E-state index contributed by atoms with van der Waals surface area (Å²) in [5, 5.41) is 0. The van der Waals surface area contributed by atoms with Crippen LogP contribution in [0.1, 0.15) is 25.8 Å². The Bertz CT molecular complexity index is 601. The van der Waals surface area contributed by atoms with Gasteiger partial charge in [0.1, 0.15) is 5.75 Å². The van der Waals surface area contributed by atoms with Gasteiger partial charge in [-0.05, 0) is 43.2 Å². The molecule has 5 nitrogen and oxygen atoms in total. The summed E-state index contributed by atoms with van der Waals surface area (Å²) < 4.78 is 7.04. The third-order valence-electron chi connectivity index (χ3n) is 3.02. The Hall–Kier alpha value is -2.43. The van der Waals surface area contributed by atoms with Crippen molar-refractivity contribution < 1.29 is 9.53 Å². The molecule has 0 unspecified atom stereocenters. The van der Waals surface area contributed by atoms with E-state index in [1.165, 1.54) is 6.92 Å². The molecule has 0 fully saturated rings. The van der Waals surface area contributed by atoms with Crippen LogP contribution in [-0.2, 0) is 11.3 Å². The van der Waals surface area contributed by atoms with E-state index in [4.69, 9.17) is 4.74 Å². The molecule has 0 saturated carbocycles. The first-order valence-electron chi connectivity index (χ1n) is 6.91. The molecule has 1 heterocycles. The lowest BCUT2D eigenvalue weighted by Crippen LogP contribution is -2.02. The van der Waals surface area contributed by atoms with Crippen LogP contribution < -0.4 is 4.74 Å². The van der Waals surface area contributed by atoms with Crippen molar-refractivity contribution in [3.63, 3.8) is 0 Å². The molecule has 0 atom stereocenters. The molecule has 0 bridgehead atoms. The lowest BCUT2D eigenvalue weighted by Gasteiger charge is -2.04. The van der Waals surface area contributed by atoms with Gasteiger partial charge in [-0.2, -0.15) is 0 Å². The number of hydrogen-bond acceptors (Lipinski definition) is 4. The quantitative estimate of drug-likeness (QED) is 0.355. The Balaban J connectivity index is 1.85. The fourth-order valence-corrected chi connectivity index (χ4v) is 1.94. The molecule has 0 amide bonds. The van der Waals surface area contributed by atoms with E-state index in [-0.39, 0.29) is 5.97 Å². The molecule has 0 aliphatic carbocycles. The number of ether oxygens (including phenoxy) is 1. The molecule has 0 aliphatic heterocycles. The highest BCUT2D eigenvalue weighted by Crippen LogP contribution is 2.13. The van der Waals surface area contributed by atoms with Gasteiger partial charge in [-0.1, -0.05) is 0 Å². The zero-order valence-electron chi connectivity index (χ0n) is 12.3. The fourth-order valence-electron chi connectivity index (χ4n) is 1.94. The van der Waals surface area contributed by atoms with Crippen LogP contribution in [0.2, 0.25) is 0 Å². The third kappa shape index (κ3) is 4.87. The Kier molecular flexibility index (Phi) is 5.26. The molecule has 0 spiro atoms. The predicted octanol–water partition coefficient (Wildman–Crippen LogP) is 2.71. The van der Waals surface area contributed by atoms with Crippen molar-refractivity contribution in [3.8, 4) is 5.75 Å². The molecule has 0 radical (unpaired) electrons. The first-order chi connectivity index (χ1) is 10.1. The number of aromatic nitrogens is 2. The lowest BCUT2D eigenvalue weighted by atomic mass is 10.1. The maximum absolute atomic E-state index is 10.9. The van der Waals surface area contributed by atoms with Crippen molar-refractivity contribution in [1.82, 2.24) is 9.55 Å². The number of rotatable bonds is 6. The highest BCUT2D eigenvalue weighted by Gasteiger charge is 2.00. The molecule has 2 rings (SSSR count). The van der Waals surface area contributed by atoms with Crippen molar-refractivity contribution >= 4 is 11.7 Å². The molecule has 110 valence electrons. The van der Waals surface area contributed by atoms with E-state index in [2.05, 4.69) is 9.98 Å². The van der Waals surface area contributed by atoms with E-state index < -0.39 is 0 Å². The van der Waals surface area contributed by atoms with E-state index in [0.717, 1.165) is 30.8 Å². The van der Waals surface area contributed by atoms with Gasteiger partial charge < -0.3 is 9.30 Å². The monoisotopic (exact) mass is 285 g/mol. The van der Waals surface area contributed by atoms with Crippen molar-refractivity contribution in [2.75, 3.05) is 6.54 Å². The highest BCUT2D eigenvalue weighted by atomic mass is 16.5. The van der Waals surface area contributed by atoms with Crippen LogP contribution in [-0.4, -0.2) is 27.8 Å². The van der Waals surface area contributed by atoms with Crippen LogP contribution in [0.4, 0.5) is 0 Å². The Morgan fingerprint density at radius 2 is 2.05 bits per heavy atom. The van der Waals surface area contributed by atoms with Gasteiger partial charge in [0, 0.05) is 38.1 Å². The normalized spacial score (nSPS) is 11.4. The summed E-state index contributed by atoms with van der Waals surface area (Å²) in [6.07, 6.45) is 6.51. The number of nitrogens with zero attached hydrogens (tertiary/aromatic N) is 3. The van der Waals surface area contributed by atoms with Crippen LogP contribution in [0.5, 0.6) is 5.75 Å². The van der Waals surface area contributed by atoms with Crippen LogP contribution >= 0.6 is 0 Å². The number of aliphatic imine (C=N–C) groups is 1. The Labute approximate surface area is 124 Å². The van der Waals surface area contributed by atoms with Crippen LogP contribution in [0, 0.1) is 0 Å². The van der Waals surface area contributed by atoms with Crippen molar-refractivity contribution in [1.29, 1.82) is 0 Å². The molecule has 1 aromatic heterocycles. The SMILES string of the molecule is CC(=O)Oc1ccc(C(C)=NCCCn2ccnc2)cc1. The number of imidazole rings is 1. The molecular formula is C16H19N3O2. The largest absolute Gasteiger partial charge is 0.427 e. The minimum atomic E-state index is -0.312. The van der Waals surface area contributed by atoms with Crippen molar-refractivity contribution in [3.05, 3.63) is 48.5 Å². The topological polar surface area (TPSA) is 56.5 Å². The summed E-state index contributed by atoms with van der Waals surface area (Å²) >= 11 is 0. The van der Waals surface area contributed by atoms with Crippen molar-refractivity contribution in [2.45, 2.75) is 26.8 Å². The minimum absolute atomic E-state index is 0.312. The van der Waals surface area contributed by atoms with Gasteiger partial charge in [-0.15, -0.1) is 0 Å². The summed E-state index contributed by atoms with van der Waals surface area (Å²) in [5.41, 5.74) is 2.02. The number of carbonyl (C=O) groups is 1. The van der Waals surface area contributed by atoms with Crippen LogP contribution in [0.15, 0.2) is 48.0 Å². The molecule has 21 heavy (non-hydrogen) atoms. The summed E-state index contributed by atoms with van der Waals surface area (Å²) in [6, 6.07) is 7.38. The summed E-state index contributed by atoms with van der Waals surface area (Å²) in [5.74, 6) is 0.242. The average molecular weight is 285 g/mol. The number of carbonyl (C=O) groups excluding carboxylic acids is 1.